The number of rotatable bonds is 5. The zero-order valence-electron chi connectivity index (χ0n) is 16.3. The molecule has 1 aliphatic rings. The molecule has 0 aromatic heterocycles. The van der Waals surface area contributed by atoms with Crippen molar-refractivity contribution < 1.29 is 8.85 Å². The smallest absolute Gasteiger partial charge is 0.351 e. The summed E-state index contributed by atoms with van der Waals surface area (Å²) in [5, 5.41) is 0. The fourth-order valence-corrected chi connectivity index (χ4v) is 20.6. The van der Waals surface area contributed by atoms with E-state index in [0.29, 0.717) is 5.67 Å². The van der Waals surface area contributed by atoms with Crippen molar-refractivity contribution in [2.75, 3.05) is 33.4 Å². The van der Waals surface area contributed by atoms with Crippen LogP contribution in [0, 0.1) is 0 Å². The van der Waals surface area contributed by atoms with E-state index in [1.54, 1.807) is 0 Å². The zero-order valence-corrected chi connectivity index (χ0v) is 19.3. The third-order valence-corrected chi connectivity index (χ3v) is 16.0. The van der Waals surface area contributed by atoms with Crippen molar-refractivity contribution in [3.8, 4) is 0 Å². The van der Waals surface area contributed by atoms with Crippen molar-refractivity contribution in [3.63, 3.8) is 0 Å². The van der Waals surface area contributed by atoms with E-state index in [-0.39, 0.29) is 0 Å². The van der Waals surface area contributed by atoms with E-state index >= 15 is 0 Å². The average molecular weight is 363 g/mol. The van der Waals surface area contributed by atoms with Crippen LogP contribution in [0.2, 0.25) is 45.8 Å². The molecule has 1 aliphatic heterocycles. The quantitative estimate of drug-likeness (QED) is 0.700. The van der Waals surface area contributed by atoms with Gasteiger partial charge in [-0.2, -0.15) is 0 Å². The Kier molecular flexibility index (Phi) is 7.08. The highest BCUT2D eigenvalue weighted by atomic mass is 28.4. The highest BCUT2D eigenvalue weighted by Crippen LogP contribution is 2.31. The summed E-state index contributed by atoms with van der Waals surface area (Å²) in [6.45, 7) is 23.1. The minimum atomic E-state index is -2.19. The van der Waals surface area contributed by atoms with E-state index in [4.69, 9.17) is 8.85 Å². The Morgan fingerprint density at radius 2 is 1.41 bits per heavy atom. The fraction of sp³-hybridized carbons (Fsp3) is 1.00. The van der Waals surface area contributed by atoms with Crippen LogP contribution in [0.25, 0.3) is 0 Å². The van der Waals surface area contributed by atoms with Crippen LogP contribution in [0.1, 0.15) is 13.3 Å². The lowest BCUT2D eigenvalue weighted by Gasteiger charge is -2.53. The first-order chi connectivity index (χ1) is 9.92. The molecule has 7 heteroatoms. The van der Waals surface area contributed by atoms with Gasteiger partial charge in [-0.05, 0) is 20.0 Å². The molecule has 1 atom stereocenters. The lowest BCUT2D eigenvalue weighted by molar-refractivity contribution is 0.0965. The highest BCUT2D eigenvalue weighted by Gasteiger charge is 2.50. The number of likely N-dealkylation sites (N-methyl/N-ethyl adjacent to an activating group) is 1. The third kappa shape index (κ3) is 5.25. The van der Waals surface area contributed by atoms with E-state index in [2.05, 4.69) is 68.9 Å². The molecular weight excluding hydrogens is 324 g/mol. The molecule has 0 N–H and O–H groups in total. The van der Waals surface area contributed by atoms with Crippen LogP contribution in [0.15, 0.2) is 0 Å². The monoisotopic (exact) mass is 362 g/mol. The molecule has 132 valence electrons. The molecule has 1 unspecified atom stereocenters. The second kappa shape index (κ2) is 7.59. The van der Waals surface area contributed by atoms with Crippen LogP contribution >= 0.6 is 0 Å². The minimum Gasteiger partial charge on any atom is -0.392 e. The van der Waals surface area contributed by atoms with Gasteiger partial charge in [0, 0.05) is 32.0 Å². The maximum atomic E-state index is 6.44. The Balaban J connectivity index is 3.09. The molecular formula is C15H38N2O2Si3. The van der Waals surface area contributed by atoms with Crippen molar-refractivity contribution >= 4 is 25.0 Å². The Morgan fingerprint density at radius 1 is 1.00 bits per heavy atom. The molecule has 0 saturated carbocycles. The van der Waals surface area contributed by atoms with Crippen LogP contribution in [-0.2, 0) is 8.85 Å². The molecule has 22 heavy (non-hydrogen) atoms. The minimum absolute atomic E-state index is 0.481. The molecule has 0 amide bonds. The molecule has 0 aromatic rings. The summed E-state index contributed by atoms with van der Waals surface area (Å²) in [4.78, 5) is 2.30. The fourth-order valence-electron chi connectivity index (χ4n) is 3.88. The first-order valence-electron chi connectivity index (χ1n) is 8.67. The zero-order chi connectivity index (χ0) is 17.2. The van der Waals surface area contributed by atoms with Gasteiger partial charge in [0.25, 0.3) is 0 Å². The topological polar surface area (TPSA) is 24.9 Å². The maximum Gasteiger partial charge on any atom is 0.351 e. The lowest BCUT2D eigenvalue weighted by atomic mass is 10.5. The van der Waals surface area contributed by atoms with Crippen molar-refractivity contribution in [1.82, 2.24) is 9.13 Å². The van der Waals surface area contributed by atoms with E-state index in [9.17, 15) is 0 Å². The van der Waals surface area contributed by atoms with E-state index in [1.165, 1.54) is 0 Å². The Bertz CT molecular complexity index is 332. The summed E-state index contributed by atoms with van der Waals surface area (Å²) >= 11 is 0. The van der Waals surface area contributed by atoms with Crippen LogP contribution in [0.3, 0.4) is 0 Å². The summed E-state index contributed by atoms with van der Waals surface area (Å²) in [5.41, 5.74) is 0.481. The molecule has 1 heterocycles. The second-order valence-corrected chi connectivity index (χ2v) is 22.0. The third-order valence-electron chi connectivity index (χ3n) is 4.47. The molecule has 0 bridgehead atoms. The summed E-state index contributed by atoms with van der Waals surface area (Å²) in [6, 6.07) is 0. The predicted molar refractivity (Wildman–Crippen MR) is 104 cm³/mol. The summed E-state index contributed by atoms with van der Waals surface area (Å²) < 4.78 is 15.8. The van der Waals surface area contributed by atoms with E-state index in [0.717, 1.165) is 32.7 Å². The van der Waals surface area contributed by atoms with Gasteiger partial charge in [-0.25, -0.2) is 0 Å². The first-order valence-corrected chi connectivity index (χ1v) is 18.0. The molecule has 4 nitrogen and oxygen atoms in total. The van der Waals surface area contributed by atoms with Gasteiger partial charge in [-0.15, -0.1) is 0 Å². The largest absolute Gasteiger partial charge is 0.392 e. The van der Waals surface area contributed by atoms with E-state index in [1.807, 2.05) is 0 Å². The van der Waals surface area contributed by atoms with Crippen LogP contribution in [0.4, 0.5) is 0 Å². The van der Waals surface area contributed by atoms with Gasteiger partial charge in [0.05, 0.1) is 0 Å². The molecule has 0 aliphatic carbocycles. The first kappa shape index (κ1) is 20.5. The number of hydrogen-bond donors (Lipinski definition) is 0. The molecule has 1 rings (SSSR count). The number of hydrogen-bond acceptors (Lipinski definition) is 4. The summed E-state index contributed by atoms with van der Waals surface area (Å²) in [6.07, 6.45) is 1.13. The predicted octanol–water partition coefficient (Wildman–Crippen LogP) is 3.33. The van der Waals surface area contributed by atoms with Crippen molar-refractivity contribution in [1.29, 1.82) is 0 Å². The van der Waals surface area contributed by atoms with Gasteiger partial charge in [0.2, 0.25) is 0 Å². The van der Waals surface area contributed by atoms with Crippen LogP contribution in [-0.4, -0.2) is 73.2 Å². The van der Waals surface area contributed by atoms with Gasteiger partial charge < -0.3 is 18.0 Å². The SMILES string of the molecule is CCC(N([Si](C)(C)C)[Si](C)(C)C)[Si]1(C)OCCN(C)CCO1. The van der Waals surface area contributed by atoms with Gasteiger partial charge in [0.1, 0.15) is 16.5 Å². The highest BCUT2D eigenvalue weighted by molar-refractivity contribution is 6.91. The summed E-state index contributed by atoms with van der Waals surface area (Å²) in [5.74, 6) is 0. The number of nitrogens with zero attached hydrogens (tertiary/aromatic N) is 2. The normalized spacial score (nSPS) is 23.2. The molecule has 1 fully saturated rings. The average Bonchev–Trinajstić information content (AvgIpc) is 2.30. The molecule has 0 spiro atoms. The lowest BCUT2D eigenvalue weighted by Crippen LogP contribution is -2.71. The maximum absolute atomic E-state index is 6.44. The van der Waals surface area contributed by atoms with Crippen LogP contribution < -0.4 is 0 Å². The summed E-state index contributed by atoms with van der Waals surface area (Å²) in [7, 11) is -2.89. The van der Waals surface area contributed by atoms with Crippen molar-refractivity contribution in [3.05, 3.63) is 0 Å². The Hall–Kier alpha value is 0.491. The van der Waals surface area contributed by atoms with Crippen LogP contribution in [0.5, 0.6) is 0 Å². The molecule has 0 aromatic carbocycles. The van der Waals surface area contributed by atoms with Gasteiger partial charge in [-0.3, -0.25) is 0 Å². The van der Waals surface area contributed by atoms with E-state index < -0.39 is 25.0 Å². The molecule has 0 radical (unpaired) electrons. The Labute approximate surface area is 141 Å². The van der Waals surface area contributed by atoms with Crippen molar-refractivity contribution in [2.45, 2.75) is 64.8 Å². The van der Waals surface area contributed by atoms with Gasteiger partial charge in [0.15, 0.2) is 0 Å². The van der Waals surface area contributed by atoms with Crippen molar-refractivity contribution in [2.24, 2.45) is 0 Å². The van der Waals surface area contributed by atoms with Gasteiger partial charge in [-0.1, -0.05) is 46.2 Å². The second-order valence-electron chi connectivity index (χ2n) is 8.65. The van der Waals surface area contributed by atoms with Gasteiger partial charge >= 0.3 is 8.56 Å². The standard InChI is InChI=1S/C15H38N2O2Si3/c1-10-15(17(20(3,4)5)21(6,7)8)22(9)18-13-11-16(2)12-14-19-22/h15H,10-14H2,1-9H3. The Morgan fingerprint density at radius 3 is 1.73 bits per heavy atom. The molecule has 1 saturated heterocycles.